The second kappa shape index (κ2) is 8.35. The van der Waals surface area contributed by atoms with E-state index in [2.05, 4.69) is 0 Å². The summed E-state index contributed by atoms with van der Waals surface area (Å²) in [5, 5.41) is 0. The molecule has 0 heterocycles. The minimum absolute atomic E-state index is 0.0324. The Labute approximate surface area is 133 Å². The number of rotatable bonds is 1. The second-order valence-corrected chi connectivity index (χ2v) is 7.26. The lowest BCUT2D eigenvalue weighted by Gasteiger charge is -2.19. The Bertz CT molecular complexity index is 428. The van der Waals surface area contributed by atoms with Crippen LogP contribution in [0, 0.1) is 11.3 Å². The Balaban J connectivity index is 0.000000220. The van der Waals surface area contributed by atoms with Gasteiger partial charge in [0, 0.05) is 50.9 Å². The van der Waals surface area contributed by atoms with Crippen LogP contribution in [0.4, 0.5) is 0 Å². The molecule has 0 aromatic carbocycles. The molecule has 0 aromatic heterocycles. The molecule has 2 fully saturated rings. The van der Waals surface area contributed by atoms with Gasteiger partial charge in [0.25, 0.3) is 0 Å². The van der Waals surface area contributed by atoms with Gasteiger partial charge in [-0.15, -0.1) is 0 Å². The van der Waals surface area contributed by atoms with Crippen molar-refractivity contribution in [2.45, 2.75) is 78.6 Å². The van der Waals surface area contributed by atoms with E-state index in [0.717, 1.165) is 12.8 Å². The maximum atomic E-state index is 11.2. The standard InChI is InChI=1S/2C9H14O2/c1-9(2)5-7(10)3-4-8(11)6-9;1-2-7-6-8(10)4-3-5-9(7)11/h3-6H2,1-2H3;7H,2-6H2,1H3. The smallest absolute Gasteiger partial charge is 0.136 e. The highest BCUT2D eigenvalue weighted by Gasteiger charge is 2.28. The van der Waals surface area contributed by atoms with E-state index in [9.17, 15) is 19.2 Å². The van der Waals surface area contributed by atoms with Crippen molar-refractivity contribution in [3.63, 3.8) is 0 Å². The molecule has 4 heteroatoms. The maximum Gasteiger partial charge on any atom is 0.136 e. The first-order valence-corrected chi connectivity index (χ1v) is 8.31. The van der Waals surface area contributed by atoms with E-state index in [1.807, 2.05) is 20.8 Å². The zero-order valence-electron chi connectivity index (χ0n) is 14.1. The summed E-state index contributed by atoms with van der Waals surface area (Å²) < 4.78 is 0. The van der Waals surface area contributed by atoms with E-state index < -0.39 is 0 Å². The first-order chi connectivity index (χ1) is 10.2. The first-order valence-electron chi connectivity index (χ1n) is 8.31. The van der Waals surface area contributed by atoms with Crippen LogP contribution < -0.4 is 0 Å². The predicted octanol–water partition coefficient (Wildman–Crippen LogP) is 3.45. The van der Waals surface area contributed by atoms with E-state index in [-0.39, 0.29) is 28.7 Å². The van der Waals surface area contributed by atoms with Crippen LogP contribution in [0.3, 0.4) is 0 Å². The van der Waals surface area contributed by atoms with Crippen LogP contribution in [0.5, 0.6) is 0 Å². The molecular weight excluding hydrogens is 280 g/mol. The highest BCUT2D eigenvalue weighted by molar-refractivity contribution is 5.90. The molecule has 2 saturated carbocycles. The van der Waals surface area contributed by atoms with Crippen LogP contribution in [0.2, 0.25) is 0 Å². The van der Waals surface area contributed by atoms with Gasteiger partial charge in [0.05, 0.1) is 0 Å². The van der Waals surface area contributed by atoms with Gasteiger partial charge in [0.15, 0.2) is 0 Å². The Kier molecular flexibility index (Phi) is 7.11. The topological polar surface area (TPSA) is 68.3 Å². The fourth-order valence-electron chi connectivity index (χ4n) is 3.11. The summed E-state index contributed by atoms with van der Waals surface area (Å²) in [6.07, 6.45) is 5.38. The number of Topliss-reactive ketones (excluding diaryl/α,β-unsaturated/α-hetero) is 4. The molecule has 1 unspecified atom stereocenters. The van der Waals surface area contributed by atoms with E-state index in [1.54, 1.807) is 0 Å². The monoisotopic (exact) mass is 308 g/mol. The summed E-state index contributed by atoms with van der Waals surface area (Å²) in [6.45, 7) is 5.93. The van der Waals surface area contributed by atoms with Crippen LogP contribution in [0.25, 0.3) is 0 Å². The molecular formula is C18H28O4. The Morgan fingerprint density at radius 1 is 0.864 bits per heavy atom. The van der Waals surface area contributed by atoms with Crippen molar-refractivity contribution in [1.29, 1.82) is 0 Å². The van der Waals surface area contributed by atoms with Crippen LogP contribution in [-0.4, -0.2) is 23.1 Å². The Morgan fingerprint density at radius 3 is 1.91 bits per heavy atom. The molecule has 0 N–H and O–H groups in total. The molecule has 0 spiro atoms. The highest BCUT2D eigenvalue weighted by atomic mass is 16.1. The van der Waals surface area contributed by atoms with Crippen molar-refractivity contribution in [3.05, 3.63) is 0 Å². The maximum absolute atomic E-state index is 11.2. The van der Waals surface area contributed by atoms with Crippen molar-refractivity contribution >= 4 is 23.1 Å². The quantitative estimate of drug-likeness (QED) is 0.696. The molecule has 4 nitrogen and oxygen atoms in total. The van der Waals surface area contributed by atoms with Crippen LogP contribution >= 0.6 is 0 Å². The summed E-state index contributed by atoms with van der Waals surface area (Å²) in [5.41, 5.74) is -0.0926. The average Bonchev–Trinajstić information content (AvgIpc) is 2.64. The molecule has 0 bridgehead atoms. The van der Waals surface area contributed by atoms with Crippen molar-refractivity contribution in [3.8, 4) is 0 Å². The number of hydrogen-bond acceptors (Lipinski definition) is 4. The SMILES string of the molecule is CC1(C)CC(=O)CCC(=O)C1.CCC1CC(=O)CCCC1=O. The zero-order chi connectivity index (χ0) is 16.8. The van der Waals surface area contributed by atoms with Gasteiger partial charge in [0.2, 0.25) is 0 Å². The molecule has 2 aliphatic rings. The number of hydrogen-bond donors (Lipinski definition) is 0. The molecule has 2 aliphatic carbocycles. The minimum Gasteiger partial charge on any atom is -0.300 e. The van der Waals surface area contributed by atoms with E-state index >= 15 is 0 Å². The summed E-state index contributed by atoms with van der Waals surface area (Å²) in [4.78, 5) is 44.5. The van der Waals surface area contributed by atoms with Crippen LogP contribution in [0.15, 0.2) is 0 Å². The molecule has 22 heavy (non-hydrogen) atoms. The molecule has 0 amide bonds. The number of carbonyl (C=O) groups excluding carboxylic acids is 4. The van der Waals surface area contributed by atoms with Crippen LogP contribution in [0.1, 0.15) is 78.6 Å². The van der Waals surface area contributed by atoms with Gasteiger partial charge in [-0.3, -0.25) is 19.2 Å². The fourth-order valence-corrected chi connectivity index (χ4v) is 3.11. The number of carbonyl (C=O) groups is 4. The second-order valence-electron chi connectivity index (χ2n) is 7.26. The van der Waals surface area contributed by atoms with Gasteiger partial charge >= 0.3 is 0 Å². The largest absolute Gasteiger partial charge is 0.300 e. The molecule has 124 valence electrons. The van der Waals surface area contributed by atoms with Crippen molar-refractivity contribution in [2.24, 2.45) is 11.3 Å². The predicted molar refractivity (Wildman–Crippen MR) is 84.5 cm³/mol. The van der Waals surface area contributed by atoms with Gasteiger partial charge in [-0.25, -0.2) is 0 Å². The highest BCUT2D eigenvalue weighted by Crippen LogP contribution is 2.30. The molecule has 0 aromatic rings. The van der Waals surface area contributed by atoms with Crippen LogP contribution in [-0.2, 0) is 19.2 Å². The van der Waals surface area contributed by atoms with E-state index in [1.165, 1.54) is 0 Å². The first kappa shape index (κ1) is 18.7. The summed E-state index contributed by atoms with van der Waals surface area (Å²) in [7, 11) is 0. The third-order valence-corrected chi connectivity index (χ3v) is 4.34. The molecule has 1 atom stereocenters. The molecule has 0 radical (unpaired) electrons. The van der Waals surface area contributed by atoms with Crippen molar-refractivity contribution in [2.75, 3.05) is 0 Å². The van der Waals surface area contributed by atoms with Gasteiger partial charge in [0.1, 0.15) is 23.1 Å². The molecule has 0 saturated heterocycles. The molecule has 2 rings (SSSR count). The minimum atomic E-state index is -0.0926. The fraction of sp³-hybridized carbons (Fsp3) is 0.778. The summed E-state index contributed by atoms with van der Waals surface area (Å²) >= 11 is 0. The third-order valence-electron chi connectivity index (χ3n) is 4.34. The zero-order valence-corrected chi connectivity index (χ0v) is 14.1. The lowest BCUT2D eigenvalue weighted by Crippen LogP contribution is -2.16. The van der Waals surface area contributed by atoms with Gasteiger partial charge in [-0.05, 0) is 18.3 Å². The summed E-state index contributed by atoms with van der Waals surface area (Å²) in [6, 6.07) is 0. The van der Waals surface area contributed by atoms with Gasteiger partial charge in [-0.2, -0.15) is 0 Å². The summed E-state index contributed by atoms with van der Waals surface area (Å²) in [5.74, 6) is 1.06. The van der Waals surface area contributed by atoms with Gasteiger partial charge < -0.3 is 0 Å². The van der Waals surface area contributed by atoms with Crippen molar-refractivity contribution in [1.82, 2.24) is 0 Å². The lowest BCUT2D eigenvalue weighted by molar-refractivity contribution is -0.126. The van der Waals surface area contributed by atoms with Gasteiger partial charge in [-0.1, -0.05) is 20.8 Å². The molecule has 0 aliphatic heterocycles. The van der Waals surface area contributed by atoms with Crippen molar-refractivity contribution < 1.29 is 19.2 Å². The lowest BCUT2D eigenvalue weighted by atomic mass is 9.84. The number of ketones is 4. The Morgan fingerprint density at radius 2 is 1.41 bits per heavy atom. The van der Waals surface area contributed by atoms with E-state index in [0.29, 0.717) is 50.7 Å². The Hall–Kier alpha value is -1.32. The van der Waals surface area contributed by atoms with E-state index in [4.69, 9.17) is 0 Å². The third kappa shape index (κ3) is 6.63. The normalized spacial score (nSPS) is 25.9. The average molecular weight is 308 g/mol.